The van der Waals surface area contributed by atoms with Crippen LogP contribution < -0.4 is 5.01 Å². The molecule has 0 saturated heterocycles. The molecule has 0 spiro atoms. The average Bonchev–Trinajstić information content (AvgIpc) is 2.10. The summed E-state index contributed by atoms with van der Waals surface area (Å²) in [4.78, 5) is 10.2. The van der Waals surface area contributed by atoms with E-state index in [4.69, 9.17) is 0 Å². The molecule has 0 unspecified atom stereocenters. The fourth-order valence-corrected chi connectivity index (χ4v) is 0.901. The summed E-state index contributed by atoms with van der Waals surface area (Å²) in [5.74, 6) is -0.319. The van der Waals surface area contributed by atoms with Crippen LogP contribution in [0.4, 0.5) is 10.1 Å². The maximum atomic E-state index is 12.4. The van der Waals surface area contributed by atoms with Crippen molar-refractivity contribution in [2.75, 3.05) is 11.6 Å². The van der Waals surface area contributed by atoms with Gasteiger partial charge in [-0.3, -0.25) is 0 Å². The lowest BCUT2D eigenvalue weighted by atomic mass is 10.3. The summed E-state index contributed by atoms with van der Waals surface area (Å²) in [6.45, 7) is 2.28. The third-order valence-corrected chi connectivity index (χ3v) is 1.52. The molecule has 12 heavy (non-hydrogen) atoms. The molecule has 0 aliphatic carbocycles. The van der Waals surface area contributed by atoms with E-state index in [0.29, 0.717) is 12.2 Å². The first-order valence-corrected chi connectivity index (χ1v) is 3.64. The molecule has 0 N–H and O–H groups in total. The second-order valence-electron chi connectivity index (χ2n) is 2.27. The molecule has 64 valence electrons. The molecule has 1 rings (SSSR count). The normalized spacial score (nSPS) is 9.50. The third kappa shape index (κ3) is 1.78. The lowest BCUT2D eigenvalue weighted by Gasteiger charge is -2.11. The first kappa shape index (κ1) is 8.64. The zero-order chi connectivity index (χ0) is 8.97. The molecule has 1 aromatic carbocycles. The molecule has 0 amide bonds. The van der Waals surface area contributed by atoms with E-state index in [-0.39, 0.29) is 5.82 Å². The van der Waals surface area contributed by atoms with Crippen molar-refractivity contribution in [1.29, 1.82) is 0 Å². The van der Waals surface area contributed by atoms with Crippen molar-refractivity contribution in [3.63, 3.8) is 0 Å². The van der Waals surface area contributed by atoms with Crippen molar-refractivity contribution < 1.29 is 4.39 Å². The maximum absolute atomic E-state index is 12.4. The van der Waals surface area contributed by atoms with Crippen molar-refractivity contribution in [3.8, 4) is 0 Å². The summed E-state index contributed by atoms with van der Waals surface area (Å²) in [5, 5.41) is 4.02. The smallest absolute Gasteiger partial charge is 0.123 e. The number of anilines is 1. The lowest BCUT2D eigenvalue weighted by Crippen LogP contribution is -2.13. The van der Waals surface area contributed by atoms with Gasteiger partial charge in [0, 0.05) is 6.54 Å². The molecule has 0 heterocycles. The zero-order valence-electron chi connectivity index (χ0n) is 6.70. The van der Waals surface area contributed by atoms with E-state index in [1.165, 1.54) is 29.3 Å². The Morgan fingerprint density at radius 2 is 2.00 bits per heavy atom. The predicted molar refractivity (Wildman–Crippen MR) is 45.2 cm³/mol. The van der Waals surface area contributed by atoms with Gasteiger partial charge in [0.2, 0.25) is 0 Å². The predicted octanol–water partition coefficient (Wildman–Crippen LogP) is 2.33. The van der Waals surface area contributed by atoms with Gasteiger partial charge in [0.1, 0.15) is 5.82 Å². The van der Waals surface area contributed by atoms with Gasteiger partial charge in [-0.15, -0.1) is 4.91 Å². The topological polar surface area (TPSA) is 32.7 Å². The largest absolute Gasteiger partial charge is 0.230 e. The van der Waals surface area contributed by atoms with E-state index in [9.17, 15) is 9.30 Å². The van der Waals surface area contributed by atoms with Crippen LogP contribution in [0.5, 0.6) is 0 Å². The van der Waals surface area contributed by atoms with E-state index >= 15 is 0 Å². The molecule has 1 aromatic rings. The highest BCUT2D eigenvalue weighted by atomic mass is 19.1. The first-order chi connectivity index (χ1) is 5.77. The van der Waals surface area contributed by atoms with Crippen molar-refractivity contribution >= 4 is 5.69 Å². The molecule has 0 bridgehead atoms. The van der Waals surface area contributed by atoms with Crippen LogP contribution in [0.1, 0.15) is 6.92 Å². The van der Waals surface area contributed by atoms with Gasteiger partial charge in [-0.1, -0.05) is 0 Å². The zero-order valence-corrected chi connectivity index (χ0v) is 6.70. The number of rotatable bonds is 3. The van der Waals surface area contributed by atoms with Crippen LogP contribution in [-0.2, 0) is 0 Å². The van der Waals surface area contributed by atoms with Gasteiger partial charge >= 0.3 is 0 Å². The minimum atomic E-state index is -0.319. The molecular formula is C8H9FN2O. The highest BCUT2D eigenvalue weighted by Gasteiger charge is 2.02. The van der Waals surface area contributed by atoms with Gasteiger partial charge in [-0.05, 0) is 31.2 Å². The highest BCUT2D eigenvalue weighted by molar-refractivity contribution is 5.44. The molecule has 0 atom stereocenters. The van der Waals surface area contributed by atoms with Crippen molar-refractivity contribution in [2.24, 2.45) is 5.29 Å². The Bertz CT molecular complexity index is 260. The average molecular weight is 168 g/mol. The molecule has 3 nitrogen and oxygen atoms in total. The summed E-state index contributed by atoms with van der Waals surface area (Å²) in [6, 6.07) is 5.62. The monoisotopic (exact) mass is 168 g/mol. The number of hydrogen-bond donors (Lipinski definition) is 0. The fraction of sp³-hybridized carbons (Fsp3) is 0.250. The SMILES string of the molecule is CCN(N=O)c1ccc(F)cc1. The molecule has 0 aliphatic heterocycles. The Balaban J connectivity index is 2.87. The van der Waals surface area contributed by atoms with E-state index in [0.717, 1.165) is 0 Å². The van der Waals surface area contributed by atoms with Crippen molar-refractivity contribution in [2.45, 2.75) is 6.92 Å². The van der Waals surface area contributed by atoms with Gasteiger partial charge in [-0.25, -0.2) is 9.40 Å². The molecular weight excluding hydrogens is 159 g/mol. The third-order valence-electron chi connectivity index (χ3n) is 1.52. The Labute approximate surface area is 69.8 Å². The van der Waals surface area contributed by atoms with Gasteiger partial charge < -0.3 is 0 Å². The second kappa shape index (κ2) is 3.80. The number of nitroso groups, excluding NO2 is 1. The van der Waals surface area contributed by atoms with Crippen LogP contribution in [0.15, 0.2) is 29.6 Å². The molecule has 0 saturated carbocycles. The van der Waals surface area contributed by atoms with Crippen LogP contribution >= 0.6 is 0 Å². The minimum Gasteiger partial charge on any atom is -0.230 e. The number of hydrogen-bond acceptors (Lipinski definition) is 2. The van der Waals surface area contributed by atoms with Crippen molar-refractivity contribution in [3.05, 3.63) is 35.0 Å². The fourth-order valence-electron chi connectivity index (χ4n) is 0.901. The van der Waals surface area contributed by atoms with Gasteiger partial charge in [0.05, 0.1) is 11.0 Å². The quantitative estimate of drug-likeness (QED) is 0.512. The van der Waals surface area contributed by atoms with Gasteiger partial charge in [-0.2, -0.15) is 0 Å². The molecule has 0 fully saturated rings. The lowest BCUT2D eigenvalue weighted by molar-refractivity contribution is 0.627. The first-order valence-electron chi connectivity index (χ1n) is 3.64. The Hall–Kier alpha value is -1.45. The number of nitrogens with zero attached hydrogens (tertiary/aromatic N) is 2. The van der Waals surface area contributed by atoms with E-state index in [1.54, 1.807) is 6.92 Å². The van der Waals surface area contributed by atoms with Crippen LogP contribution in [0, 0.1) is 10.7 Å². The van der Waals surface area contributed by atoms with E-state index < -0.39 is 0 Å². The molecule has 4 heteroatoms. The van der Waals surface area contributed by atoms with Crippen LogP contribution in [0.3, 0.4) is 0 Å². The Kier molecular flexibility index (Phi) is 2.74. The molecule has 0 aromatic heterocycles. The molecule has 0 radical (unpaired) electrons. The standard InChI is InChI=1S/C8H9FN2O/c1-2-11(10-12)8-5-3-7(9)4-6-8/h3-6H,2H2,1H3. The summed E-state index contributed by atoms with van der Waals surface area (Å²) in [7, 11) is 0. The summed E-state index contributed by atoms with van der Waals surface area (Å²) in [6.07, 6.45) is 0. The summed E-state index contributed by atoms with van der Waals surface area (Å²) >= 11 is 0. The summed E-state index contributed by atoms with van der Waals surface area (Å²) in [5.41, 5.74) is 0.605. The minimum absolute atomic E-state index is 0.319. The van der Waals surface area contributed by atoms with Crippen molar-refractivity contribution in [1.82, 2.24) is 0 Å². The summed E-state index contributed by atoms with van der Waals surface area (Å²) < 4.78 is 12.4. The van der Waals surface area contributed by atoms with Crippen LogP contribution in [-0.4, -0.2) is 6.54 Å². The maximum Gasteiger partial charge on any atom is 0.123 e. The van der Waals surface area contributed by atoms with Crippen LogP contribution in [0.2, 0.25) is 0 Å². The van der Waals surface area contributed by atoms with E-state index in [2.05, 4.69) is 5.29 Å². The van der Waals surface area contributed by atoms with Crippen LogP contribution in [0.25, 0.3) is 0 Å². The van der Waals surface area contributed by atoms with Gasteiger partial charge in [0.25, 0.3) is 0 Å². The second-order valence-corrected chi connectivity index (χ2v) is 2.27. The highest BCUT2D eigenvalue weighted by Crippen LogP contribution is 2.14. The van der Waals surface area contributed by atoms with Gasteiger partial charge in [0.15, 0.2) is 0 Å². The Morgan fingerprint density at radius 1 is 1.42 bits per heavy atom. The number of benzene rings is 1. The van der Waals surface area contributed by atoms with E-state index in [1.807, 2.05) is 0 Å². The Morgan fingerprint density at radius 3 is 2.42 bits per heavy atom. The number of halogens is 1. The molecule has 0 aliphatic rings.